The van der Waals surface area contributed by atoms with E-state index in [9.17, 15) is 12.8 Å². The van der Waals surface area contributed by atoms with Gasteiger partial charge in [-0.05, 0) is 85.3 Å². The molecule has 1 saturated heterocycles. The first-order valence-electron chi connectivity index (χ1n) is 12.0. The third-order valence-corrected chi connectivity index (χ3v) is 8.75. The van der Waals surface area contributed by atoms with Crippen molar-refractivity contribution in [1.29, 1.82) is 5.41 Å². The summed E-state index contributed by atoms with van der Waals surface area (Å²) in [4.78, 5) is 0. The van der Waals surface area contributed by atoms with Gasteiger partial charge in [0.1, 0.15) is 11.6 Å². The van der Waals surface area contributed by atoms with Crippen molar-refractivity contribution >= 4 is 27.6 Å². The Morgan fingerprint density at radius 2 is 1.86 bits per heavy atom. The third kappa shape index (κ3) is 4.63. The van der Waals surface area contributed by atoms with Crippen LogP contribution >= 0.6 is 0 Å². The van der Waals surface area contributed by atoms with Gasteiger partial charge in [-0.25, -0.2) is 17.1 Å². The minimum absolute atomic E-state index is 0.0287. The van der Waals surface area contributed by atoms with Crippen molar-refractivity contribution < 1.29 is 17.5 Å². The second kappa shape index (κ2) is 9.33. The Labute approximate surface area is 211 Å². The van der Waals surface area contributed by atoms with Crippen LogP contribution in [-0.2, 0) is 15.4 Å². The SMILES string of the molecule is Cc1cc(Nc2ccc(F)cc2)c(C=N)cc1C12CC(Oc3ccccc3)CC1CN(S(C)(=O)=O)C2. The first kappa shape index (κ1) is 24.5. The predicted octanol–water partition coefficient (Wildman–Crippen LogP) is 5.25. The van der Waals surface area contributed by atoms with E-state index < -0.39 is 15.4 Å². The number of benzene rings is 3. The molecule has 2 fully saturated rings. The van der Waals surface area contributed by atoms with Crippen molar-refractivity contribution in [1.82, 2.24) is 4.31 Å². The lowest BCUT2D eigenvalue weighted by Gasteiger charge is -2.32. The van der Waals surface area contributed by atoms with Crippen LogP contribution in [0.4, 0.5) is 15.8 Å². The fourth-order valence-corrected chi connectivity index (χ4v) is 6.81. The van der Waals surface area contributed by atoms with Crippen molar-refractivity contribution in [2.24, 2.45) is 5.92 Å². The third-order valence-electron chi connectivity index (χ3n) is 7.53. The summed E-state index contributed by atoms with van der Waals surface area (Å²) < 4.78 is 46.3. The number of nitrogens with one attached hydrogen (secondary N) is 2. The van der Waals surface area contributed by atoms with E-state index in [0.29, 0.717) is 25.1 Å². The summed E-state index contributed by atoms with van der Waals surface area (Å²) in [5.41, 5.74) is 3.84. The molecule has 3 aromatic carbocycles. The fraction of sp³-hybridized carbons (Fsp3) is 0.321. The van der Waals surface area contributed by atoms with E-state index in [0.717, 1.165) is 34.7 Å². The standard InChI is InChI=1S/C28H30FN3O3S/c1-19-12-27(31-23-10-8-22(29)9-11-23)20(16-30)13-26(19)28-15-25(35-24-6-4-3-5-7-24)14-21(28)17-32(18-28)36(2,33)34/h3-13,16,21,25,30-31H,14-15,17-18H2,1-2H3. The zero-order chi connectivity index (χ0) is 25.5. The summed E-state index contributed by atoms with van der Waals surface area (Å²) >= 11 is 0. The van der Waals surface area contributed by atoms with Crippen LogP contribution in [0.2, 0.25) is 0 Å². The van der Waals surface area contributed by atoms with Gasteiger partial charge < -0.3 is 15.5 Å². The van der Waals surface area contributed by atoms with Crippen LogP contribution in [0.25, 0.3) is 0 Å². The number of halogens is 1. The van der Waals surface area contributed by atoms with E-state index >= 15 is 0 Å². The first-order valence-corrected chi connectivity index (χ1v) is 13.9. The van der Waals surface area contributed by atoms with Gasteiger partial charge in [0.15, 0.2) is 0 Å². The van der Waals surface area contributed by atoms with Gasteiger partial charge in [0, 0.05) is 41.7 Å². The van der Waals surface area contributed by atoms with E-state index in [1.807, 2.05) is 49.4 Å². The topological polar surface area (TPSA) is 82.5 Å². The number of nitrogens with zero attached hydrogens (tertiary/aromatic N) is 1. The second-order valence-corrected chi connectivity index (χ2v) is 11.9. The van der Waals surface area contributed by atoms with Crippen LogP contribution in [0.5, 0.6) is 5.75 Å². The lowest BCUT2D eigenvalue weighted by molar-refractivity contribution is 0.191. The smallest absolute Gasteiger partial charge is 0.211 e. The van der Waals surface area contributed by atoms with Crippen molar-refractivity contribution in [3.63, 3.8) is 0 Å². The number of fused-ring (bicyclic) bond motifs is 1. The largest absolute Gasteiger partial charge is 0.490 e. The van der Waals surface area contributed by atoms with E-state index in [4.69, 9.17) is 10.1 Å². The van der Waals surface area contributed by atoms with Gasteiger partial charge in [0.05, 0.1) is 12.4 Å². The van der Waals surface area contributed by atoms with E-state index in [1.54, 1.807) is 16.4 Å². The van der Waals surface area contributed by atoms with E-state index in [2.05, 4.69) is 5.32 Å². The van der Waals surface area contributed by atoms with Crippen molar-refractivity contribution in [3.05, 3.63) is 89.2 Å². The molecule has 8 heteroatoms. The van der Waals surface area contributed by atoms with Gasteiger partial charge in [0.25, 0.3) is 0 Å². The first-order chi connectivity index (χ1) is 17.2. The highest BCUT2D eigenvalue weighted by atomic mass is 32.2. The maximum Gasteiger partial charge on any atom is 0.211 e. The molecule has 3 aromatic rings. The Morgan fingerprint density at radius 1 is 1.14 bits per heavy atom. The Balaban J connectivity index is 1.51. The highest BCUT2D eigenvalue weighted by molar-refractivity contribution is 7.88. The van der Waals surface area contributed by atoms with Crippen LogP contribution in [0.3, 0.4) is 0 Å². The van der Waals surface area contributed by atoms with Crippen LogP contribution in [-0.4, -0.2) is 44.4 Å². The Hall–Kier alpha value is -3.23. The number of rotatable bonds is 7. The summed E-state index contributed by atoms with van der Waals surface area (Å²) in [7, 11) is -3.34. The number of ether oxygens (including phenoxy) is 1. The molecule has 188 valence electrons. The summed E-state index contributed by atoms with van der Waals surface area (Å²) in [5.74, 6) is 0.608. The van der Waals surface area contributed by atoms with E-state index in [1.165, 1.54) is 24.6 Å². The maximum absolute atomic E-state index is 13.3. The Morgan fingerprint density at radius 3 is 2.53 bits per heavy atom. The molecule has 1 heterocycles. The molecular weight excluding hydrogens is 477 g/mol. The van der Waals surface area contributed by atoms with Crippen molar-refractivity contribution in [2.75, 3.05) is 24.7 Å². The number of anilines is 2. The lowest BCUT2D eigenvalue weighted by atomic mass is 9.72. The van der Waals surface area contributed by atoms with Crippen molar-refractivity contribution in [2.45, 2.75) is 31.3 Å². The molecule has 3 atom stereocenters. The second-order valence-electron chi connectivity index (χ2n) is 9.93. The Bertz CT molecular complexity index is 1380. The zero-order valence-electron chi connectivity index (χ0n) is 20.4. The minimum atomic E-state index is -3.34. The number of hydrogen-bond acceptors (Lipinski definition) is 5. The van der Waals surface area contributed by atoms with Crippen LogP contribution in [0.1, 0.15) is 29.5 Å². The molecule has 3 unspecified atom stereocenters. The minimum Gasteiger partial charge on any atom is -0.490 e. The van der Waals surface area contributed by atoms with Crippen LogP contribution in [0.15, 0.2) is 66.7 Å². The molecule has 36 heavy (non-hydrogen) atoms. The Kier molecular flexibility index (Phi) is 6.34. The average Bonchev–Trinajstić information content (AvgIpc) is 3.36. The summed E-state index contributed by atoms with van der Waals surface area (Å²) in [6, 6.07) is 19.8. The molecule has 0 radical (unpaired) electrons. The highest BCUT2D eigenvalue weighted by Crippen LogP contribution is 2.53. The molecular formula is C28H30FN3O3S. The molecule has 1 aliphatic carbocycles. The number of aryl methyl sites for hydroxylation is 1. The molecule has 2 N–H and O–H groups in total. The predicted molar refractivity (Wildman–Crippen MR) is 140 cm³/mol. The lowest BCUT2D eigenvalue weighted by Crippen LogP contribution is -2.36. The zero-order valence-corrected chi connectivity index (χ0v) is 21.2. The van der Waals surface area contributed by atoms with Gasteiger partial charge >= 0.3 is 0 Å². The van der Waals surface area contributed by atoms with Crippen LogP contribution in [0, 0.1) is 24.1 Å². The summed E-state index contributed by atoms with van der Waals surface area (Å²) in [6.07, 6.45) is 4.00. The molecule has 2 aliphatic rings. The van der Waals surface area contributed by atoms with Gasteiger partial charge in [-0.2, -0.15) is 0 Å². The molecule has 0 aromatic heterocycles. The summed E-state index contributed by atoms with van der Waals surface area (Å²) in [5, 5.41) is 11.4. The van der Waals surface area contributed by atoms with Gasteiger partial charge in [-0.3, -0.25) is 0 Å². The molecule has 6 nitrogen and oxygen atoms in total. The quantitative estimate of drug-likeness (QED) is 0.428. The van der Waals surface area contributed by atoms with Gasteiger partial charge in [-0.15, -0.1) is 0 Å². The monoisotopic (exact) mass is 507 g/mol. The molecule has 0 amide bonds. The van der Waals surface area contributed by atoms with Gasteiger partial charge in [0.2, 0.25) is 10.0 Å². The molecule has 0 bridgehead atoms. The highest BCUT2D eigenvalue weighted by Gasteiger charge is 2.56. The number of sulfonamides is 1. The van der Waals surface area contributed by atoms with Crippen LogP contribution < -0.4 is 10.1 Å². The van der Waals surface area contributed by atoms with Crippen molar-refractivity contribution in [3.8, 4) is 5.75 Å². The normalized spacial score (nSPS) is 23.9. The number of para-hydroxylation sites is 1. The molecule has 1 saturated carbocycles. The number of hydrogen-bond donors (Lipinski definition) is 2. The molecule has 0 spiro atoms. The maximum atomic E-state index is 13.3. The fourth-order valence-electron chi connectivity index (χ4n) is 5.89. The molecule has 1 aliphatic heterocycles. The van der Waals surface area contributed by atoms with E-state index in [-0.39, 0.29) is 17.8 Å². The molecule has 5 rings (SSSR count). The average molecular weight is 508 g/mol. The summed E-state index contributed by atoms with van der Waals surface area (Å²) in [6.45, 7) is 2.88. The van der Waals surface area contributed by atoms with Gasteiger partial charge in [-0.1, -0.05) is 18.2 Å².